The molecule has 0 spiro atoms. The first-order valence-corrected chi connectivity index (χ1v) is 11.6. The van der Waals surface area contributed by atoms with Gasteiger partial charge in [-0.2, -0.15) is 0 Å². The van der Waals surface area contributed by atoms with Crippen LogP contribution in [0.5, 0.6) is 0 Å². The summed E-state index contributed by atoms with van der Waals surface area (Å²) < 4.78 is 0. The van der Waals surface area contributed by atoms with E-state index in [1.165, 1.54) is 0 Å². The van der Waals surface area contributed by atoms with Crippen LogP contribution in [0.2, 0.25) is 0 Å². The third-order valence-corrected chi connectivity index (χ3v) is 6.14. The Kier molecular flexibility index (Phi) is 6.02. The molecule has 1 amide bonds. The van der Waals surface area contributed by atoms with E-state index in [-0.39, 0.29) is 11.9 Å². The molecule has 1 atom stereocenters. The average molecular weight is 462 g/mol. The van der Waals surface area contributed by atoms with Gasteiger partial charge in [0, 0.05) is 45.3 Å². The van der Waals surface area contributed by atoms with Gasteiger partial charge in [0.05, 0.1) is 11.7 Å². The van der Waals surface area contributed by atoms with Crippen LogP contribution in [0, 0.1) is 20.8 Å². The Morgan fingerprint density at radius 3 is 2.51 bits per heavy atom. The monoisotopic (exact) mass is 461 g/mol. The second-order valence-electron chi connectivity index (χ2n) is 8.69. The van der Waals surface area contributed by atoms with E-state index in [1.807, 2.05) is 92.7 Å². The zero-order valence-electron chi connectivity index (χ0n) is 20.0. The third kappa shape index (κ3) is 4.64. The van der Waals surface area contributed by atoms with Gasteiger partial charge in [-0.15, -0.1) is 0 Å². The zero-order chi connectivity index (χ0) is 24.4. The quantitative estimate of drug-likeness (QED) is 0.276. The van der Waals surface area contributed by atoms with Crippen molar-refractivity contribution in [3.63, 3.8) is 0 Å². The lowest BCUT2D eigenvalue weighted by Crippen LogP contribution is -2.16. The number of aryl methyl sites for hydroxylation is 3. The van der Waals surface area contributed by atoms with E-state index in [2.05, 4.69) is 32.5 Å². The lowest BCUT2D eigenvalue weighted by atomic mass is 9.99. The maximum atomic E-state index is 12.9. The smallest absolute Gasteiger partial charge is 0.255 e. The van der Waals surface area contributed by atoms with E-state index in [0.717, 1.165) is 50.6 Å². The number of carbonyl (C=O) groups is 1. The Morgan fingerprint density at radius 2 is 1.74 bits per heavy atom. The molecule has 0 aliphatic heterocycles. The van der Waals surface area contributed by atoms with Crippen LogP contribution in [0.1, 0.15) is 44.6 Å². The van der Waals surface area contributed by atoms with Crippen molar-refractivity contribution in [3.8, 4) is 0 Å². The van der Waals surface area contributed by atoms with Crippen LogP contribution in [0.15, 0.2) is 85.1 Å². The van der Waals surface area contributed by atoms with Crippen molar-refractivity contribution in [1.29, 1.82) is 0 Å². The summed E-state index contributed by atoms with van der Waals surface area (Å²) in [5.41, 5.74) is 7.24. The molecule has 1 unspecified atom stereocenters. The number of nitrogens with one attached hydrogen (secondary N) is 3. The summed E-state index contributed by atoms with van der Waals surface area (Å²) in [5, 5.41) is 7.66. The molecule has 5 aromatic rings. The molecule has 3 heterocycles. The molecule has 0 aliphatic rings. The Balaban J connectivity index is 1.57. The molecule has 3 aromatic heterocycles. The number of anilines is 2. The molecular formula is C29H27N5O. The lowest BCUT2D eigenvalue weighted by Gasteiger charge is -2.20. The van der Waals surface area contributed by atoms with Gasteiger partial charge in [0.1, 0.15) is 5.82 Å². The number of rotatable bonds is 6. The van der Waals surface area contributed by atoms with Crippen LogP contribution in [0.25, 0.3) is 10.9 Å². The molecule has 0 aliphatic carbocycles. The summed E-state index contributed by atoms with van der Waals surface area (Å²) in [6.07, 6.45) is 1.80. The van der Waals surface area contributed by atoms with Crippen molar-refractivity contribution >= 4 is 28.3 Å². The van der Waals surface area contributed by atoms with Gasteiger partial charge in [-0.25, -0.2) is 4.98 Å². The number of aromatic amines is 1. The largest absolute Gasteiger partial charge is 0.358 e. The van der Waals surface area contributed by atoms with Crippen molar-refractivity contribution in [2.75, 3.05) is 10.6 Å². The minimum Gasteiger partial charge on any atom is -0.358 e. The van der Waals surface area contributed by atoms with Crippen LogP contribution in [-0.4, -0.2) is 20.9 Å². The molecule has 6 nitrogen and oxygen atoms in total. The van der Waals surface area contributed by atoms with Crippen molar-refractivity contribution < 1.29 is 4.79 Å². The summed E-state index contributed by atoms with van der Waals surface area (Å²) in [6, 6.07) is 25.1. The normalized spacial score (nSPS) is 11.9. The maximum absolute atomic E-state index is 12.9. The number of hydrogen-bond donors (Lipinski definition) is 3. The number of hydrogen-bond acceptors (Lipinski definition) is 4. The van der Waals surface area contributed by atoms with Crippen LogP contribution in [0.4, 0.5) is 11.5 Å². The lowest BCUT2D eigenvalue weighted by molar-refractivity contribution is 0.102. The molecule has 0 saturated carbocycles. The van der Waals surface area contributed by atoms with Crippen molar-refractivity contribution in [2.45, 2.75) is 26.8 Å². The average Bonchev–Trinajstić information content (AvgIpc) is 3.18. The fourth-order valence-corrected chi connectivity index (χ4v) is 4.44. The summed E-state index contributed by atoms with van der Waals surface area (Å²) in [5.74, 6) is 0.651. The molecule has 0 fully saturated rings. The fourth-order valence-electron chi connectivity index (χ4n) is 4.44. The number of benzene rings is 2. The van der Waals surface area contributed by atoms with E-state index in [9.17, 15) is 4.79 Å². The second kappa shape index (κ2) is 9.43. The number of aromatic nitrogens is 3. The highest BCUT2D eigenvalue weighted by atomic mass is 16.1. The molecule has 2 aromatic carbocycles. The highest BCUT2D eigenvalue weighted by Gasteiger charge is 2.23. The summed E-state index contributed by atoms with van der Waals surface area (Å²) in [4.78, 5) is 25.7. The topological polar surface area (TPSA) is 82.7 Å². The van der Waals surface area contributed by atoms with Crippen LogP contribution in [-0.2, 0) is 0 Å². The molecule has 35 heavy (non-hydrogen) atoms. The van der Waals surface area contributed by atoms with Gasteiger partial charge < -0.3 is 15.6 Å². The van der Waals surface area contributed by atoms with Crippen LogP contribution >= 0.6 is 0 Å². The van der Waals surface area contributed by atoms with Crippen LogP contribution < -0.4 is 10.6 Å². The molecular weight excluding hydrogens is 434 g/mol. The van der Waals surface area contributed by atoms with E-state index >= 15 is 0 Å². The van der Waals surface area contributed by atoms with Crippen LogP contribution in [0.3, 0.4) is 0 Å². The Morgan fingerprint density at radius 1 is 0.914 bits per heavy atom. The molecule has 5 rings (SSSR count). The number of nitrogens with zero attached hydrogens (tertiary/aromatic N) is 2. The van der Waals surface area contributed by atoms with Crippen molar-refractivity contribution in [2.24, 2.45) is 0 Å². The minimum absolute atomic E-state index is 0.125. The highest BCUT2D eigenvalue weighted by molar-refractivity contribution is 6.06. The minimum atomic E-state index is -0.235. The first-order chi connectivity index (χ1) is 17.0. The SMILES string of the molecule is Cc1cccc(NC(c2ccccn2)c2c(C)[nH]c3ccc(NC(=O)c4ccccc4C)cc23)n1. The highest BCUT2D eigenvalue weighted by Crippen LogP contribution is 2.35. The zero-order valence-corrected chi connectivity index (χ0v) is 20.0. The fraction of sp³-hybridized carbons (Fsp3) is 0.138. The van der Waals surface area contributed by atoms with E-state index in [4.69, 9.17) is 0 Å². The van der Waals surface area contributed by atoms with E-state index in [1.54, 1.807) is 6.20 Å². The number of pyridine rings is 2. The van der Waals surface area contributed by atoms with Crippen molar-refractivity contribution in [3.05, 3.63) is 119 Å². The second-order valence-corrected chi connectivity index (χ2v) is 8.69. The van der Waals surface area contributed by atoms with Gasteiger partial charge in [0.15, 0.2) is 0 Å². The summed E-state index contributed by atoms with van der Waals surface area (Å²) in [6.45, 7) is 5.97. The molecule has 0 radical (unpaired) electrons. The Bertz CT molecular complexity index is 1510. The van der Waals surface area contributed by atoms with Crippen molar-refractivity contribution in [1.82, 2.24) is 15.0 Å². The number of amides is 1. The van der Waals surface area contributed by atoms with Gasteiger partial charge in [-0.1, -0.05) is 30.3 Å². The van der Waals surface area contributed by atoms with E-state index < -0.39 is 0 Å². The maximum Gasteiger partial charge on any atom is 0.255 e. The standard InChI is InChI=1S/C29H27N5O/c1-18-9-4-5-11-22(18)29(35)33-21-14-15-24-23(17-21)27(20(3)32-24)28(25-12-6-7-16-30-25)34-26-13-8-10-19(2)31-26/h4-17,28,32H,1-3H3,(H,31,34)(H,33,35). The molecule has 0 saturated heterocycles. The summed E-state index contributed by atoms with van der Waals surface area (Å²) in [7, 11) is 0. The Labute approximate surface area is 204 Å². The van der Waals surface area contributed by atoms with Gasteiger partial charge in [0.2, 0.25) is 0 Å². The predicted octanol–water partition coefficient (Wildman–Crippen LogP) is 6.34. The molecule has 174 valence electrons. The number of carbonyl (C=O) groups excluding carboxylic acids is 1. The number of H-pyrrole nitrogens is 1. The predicted molar refractivity (Wildman–Crippen MR) is 141 cm³/mol. The van der Waals surface area contributed by atoms with Gasteiger partial charge >= 0.3 is 0 Å². The molecule has 3 N–H and O–H groups in total. The van der Waals surface area contributed by atoms with Gasteiger partial charge in [-0.3, -0.25) is 9.78 Å². The van der Waals surface area contributed by atoms with Gasteiger partial charge in [-0.05, 0) is 74.9 Å². The van der Waals surface area contributed by atoms with Gasteiger partial charge in [0.25, 0.3) is 5.91 Å². The molecule has 0 bridgehead atoms. The third-order valence-electron chi connectivity index (χ3n) is 6.14. The summed E-state index contributed by atoms with van der Waals surface area (Å²) >= 11 is 0. The first kappa shape index (κ1) is 22.3. The Hall–Kier alpha value is -4.45. The molecule has 6 heteroatoms. The first-order valence-electron chi connectivity index (χ1n) is 11.6. The van der Waals surface area contributed by atoms with E-state index in [0.29, 0.717) is 5.56 Å². The number of fused-ring (bicyclic) bond motifs is 1.